The molecule has 11 aromatic carbocycles. The van der Waals surface area contributed by atoms with Crippen LogP contribution in [0.3, 0.4) is 0 Å². The Morgan fingerprint density at radius 2 is 0.481 bits per heavy atom. The molecule has 530 valence electrons. The summed E-state index contributed by atoms with van der Waals surface area (Å²) in [6, 6.07) is 35.7. The number of amides is 4. The fourth-order valence-electron chi connectivity index (χ4n) is 19.4. The highest BCUT2D eigenvalue weighted by atomic mass is 16.2. The average Bonchev–Trinajstić information content (AvgIpc) is 1.38. The summed E-state index contributed by atoms with van der Waals surface area (Å²) in [4.78, 5) is 105. The van der Waals surface area contributed by atoms with Gasteiger partial charge in [0.05, 0.1) is 22.1 Å². The second kappa shape index (κ2) is 28.2. The molecule has 12 nitrogen and oxygen atoms in total. The van der Waals surface area contributed by atoms with Gasteiger partial charge in [0.15, 0.2) is 0 Å². The van der Waals surface area contributed by atoms with E-state index in [1.807, 2.05) is 60.7 Å². The molecule has 2 aliphatic heterocycles. The SMILES string of the molecule is CCCCCCCCCC(CCCCCCCCC)N1C(=O)c2ccc3c4ccc5c(=O)n6c7cc8nc9c%10ccc%11c%12ccc%13c%14c(ccc(c%15ccc(c(=O)n9c8cc7nc6c6ccc(c7ccc(c2c37)C1=O)c4c56)c%10c%15%11)c%14%12)C(=O)N(C(CCCCCCCCC)CCCCCCCCC)C%13=O. The van der Waals surface area contributed by atoms with Crippen LogP contribution in [0.2, 0.25) is 0 Å². The predicted molar refractivity (Wildman–Crippen MR) is 430 cm³/mol. The minimum Gasteiger partial charge on any atom is -0.271 e. The van der Waals surface area contributed by atoms with Crippen LogP contribution in [-0.2, 0) is 0 Å². The molecule has 0 bridgehead atoms. The number of benzene rings is 11. The Morgan fingerprint density at radius 3 is 0.760 bits per heavy atom. The van der Waals surface area contributed by atoms with Crippen LogP contribution in [0.5, 0.6) is 0 Å². The molecule has 0 fully saturated rings. The van der Waals surface area contributed by atoms with Crippen LogP contribution in [0.15, 0.2) is 119 Å². The highest BCUT2D eigenvalue weighted by Crippen LogP contribution is 2.50. The first-order valence-corrected chi connectivity index (χ1v) is 40.3. The van der Waals surface area contributed by atoms with Gasteiger partial charge in [-0.3, -0.25) is 47.4 Å². The second-order valence-electron chi connectivity index (χ2n) is 31.2. The molecular formula is C92H96N6O6. The van der Waals surface area contributed by atoms with Gasteiger partial charge in [-0.05, 0) is 151 Å². The monoisotopic (exact) mass is 1380 g/mol. The van der Waals surface area contributed by atoms with E-state index in [1.54, 1.807) is 18.6 Å². The molecular weight excluding hydrogens is 1290 g/mol. The quantitative estimate of drug-likeness (QED) is 0.0168. The van der Waals surface area contributed by atoms with Crippen molar-refractivity contribution in [3.05, 3.63) is 152 Å². The minimum absolute atomic E-state index is 0.159. The first-order chi connectivity index (χ1) is 51.1. The van der Waals surface area contributed by atoms with Gasteiger partial charge in [-0.1, -0.05) is 256 Å². The van der Waals surface area contributed by atoms with Gasteiger partial charge in [0.1, 0.15) is 11.3 Å². The Morgan fingerprint density at radius 1 is 0.260 bits per heavy atom. The van der Waals surface area contributed by atoms with Crippen LogP contribution < -0.4 is 11.1 Å². The molecule has 0 atom stereocenters. The van der Waals surface area contributed by atoms with E-state index in [9.17, 15) is 0 Å². The van der Waals surface area contributed by atoms with Crippen LogP contribution in [-0.4, -0.2) is 64.3 Å². The van der Waals surface area contributed by atoms with Crippen molar-refractivity contribution >= 4 is 165 Å². The number of pyridine rings is 2. The zero-order chi connectivity index (χ0) is 71.0. The van der Waals surface area contributed by atoms with E-state index in [0.29, 0.717) is 77.2 Å². The fraction of sp³-hybridized carbons (Fsp3) is 0.413. The third-order valence-electron chi connectivity index (χ3n) is 24.7. The molecule has 0 N–H and O–H groups in total. The first kappa shape index (κ1) is 67.7. The van der Waals surface area contributed by atoms with Crippen LogP contribution >= 0.6 is 0 Å². The van der Waals surface area contributed by atoms with E-state index in [1.165, 1.54) is 128 Å². The maximum atomic E-state index is 15.4. The van der Waals surface area contributed by atoms with Crippen molar-refractivity contribution in [3.63, 3.8) is 0 Å². The smallest absolute Gasteiger partial charge is 0.264 e. The standard InChI is InChI=1S/C92H96N6O6/c1-5-9-13-17-21-25-29-33-55(34-30-26-22-18-14-10-6-2)95-87(99)69-49-41-61-57-37-45-65-81-67(47-39-59(77(57)81)63-43-51-71(89(95)101)83(69)79(61)63)91(103)97-75-54-74-76(53-73(75)93-85(65)97)98-86(94-74)66-46-38-58-62-42-50-70-84-72(52-44-64(80(62)84)60-40-48-68(92(98)104)82(66)78(58)60)90(102)96(88(70)100)56(35-31-27-23-19-15-11-7-3)36-32-28-24-20-16-12-8-4/h37-56H,5-36H2,1-4H3. The lowest BCUT2D eigenvalue weighted by Crippen LogP contribution is -2.47. The molecule has 6 heterocycles. The number of hydrogen-bond donors (Lipinski definition) is 0. The van der Waals surface area contributed by atoms with Crippen molar-refractivity contribution in [1.82, 2.24) is 28.6 Å². The Balaban J connectivity index is 0.717. The van der Waals surface area contributed by atoms with Crippen LogP contribution in [0.1, 0.15) is 275 Å². The topological polar surface area (TPSA) is 144 Å². The van der Waals surface area contributed by atoms with Gasteiger partial charge in [0, 0.05) is 77.4 Å². The summed E-state index contributed by atoms with van der Waals surface area (Å²) < 4.78 is 3.40. The van der Waals surface area contributed by atoms with Gasteiger partial charge in [-0.25, -0.2) is 9.97 Å². The molecule has 0 saturated heterocycles. The summed E-state index contributed by atoms with van der Waals surface area (Å²) >= 11 is 0. The van der Waals surface area contributed by atoms with E-state index in [2.05, 4.69) is 76.2 Å². The summed E-state index contributed by atoms with van der Waals surface area (Å²) in [7, 11) is 0. The Bertz CT molecular complexity index is 5480. The number of carbonyl (C=O) groups is 4. The van der Waals surface area contributed by atoms with Gasteiger partial charge >= 0.3 is 0 Å². The number of rotatable bonds is 34. The van der Waals surface area contributed by atoms with E-state index < -0.39 is 0 Å². The van der Waals surface area contributed by atoms with Gasteiger partial charge < -0.3 is 0 Å². The molecule has 0 aliphatic carbocycles. The predicted octanol–water partition coefficient (Wildman–Crippen LogP) is 23.8. The molecule has 0 spiro atoms. The Labute approximate surface area is 606 Å². The summed E-state index contributed by atoms with van der Waals surface area (Å²) in [5.41, 5.74) is 5.16. The Kier molecular flexibility index (Phi) is 18.4. The normalized spacial score (nSPS) is 13.9. The van der Waals surface area contributed by atoms with Crippen molar-refractivity contribution < 1.29 is 19.2 Å². The maximum Gasteiger partial charge on any atom is 0.264 e. The highest BCUT2D eigenvalue weighted by Gasteiger charge is 2.41. The summed E-state index contributed by atoms with van der Waals surface area (Å²) in [6.07, 6.45) is 36.2. The van der Waals surface area contributed by atoms with Crippen molar-refractivity contribution in [2.75, 3.05) is 0 Å². The number of hydrogen-bond acceptors (Lipinski definition) is 8. The zero-order valence-corrected chi connectivity index (χ0v) is 61.3. The number of unbranched alkanes of at least 4 members (excludes halogenated alkanes) is 24. The third-order valence-corrected chi connectivity index (χ3v) is 24.7. The summed E-state index contributed by atoms with van der Waals surface area (Å²) in [5, 5.41) is 16.9. The number of fused-ring (bicyclic) bond motifs is 12. The number of carbonyl (C=O) groups excluding carboxylic acids is 4. The third kappa shape index (κ3) is 10.9. The molecule has 104 heavy (non-hydrogen) atoms. The molecule has 0 saturated carbocycles. The molecule has 17 rings (SSSR count). The van der Waals surface area contributed by atoms with E-state index in [0.717, 1.165) is 163 Å². The van der Waals surface area contributed by atoms with Crippen molar-refractivity contribution in [2.24, 2.45) is 0 Å². The van der Waals surface area contributed by atoms with Gasteiger partial charge in [-0.2, -0.15) is 0 Å². The van der Waals surface area contributed by atoms with Crippen LogP contribution in [0, 0.1) is 0 Å². The molecule has 4 amide bonds. The highest BCUT2D eigenvalue weighted by molar-refractivity contribution is 6.43. The fourth-order valence-corrected chi connectivity index (χ4v) is 19.4. The number of imidazole rings is 2. The Hall–Kier alpha value is -9.42. The van der Waals surface area contributed by atoms with Gasteiger partial charge in [0.25, 0.3) is 34.7 Å². The molecule has 4 aromatic heterocycles. The maximum absolute atomic E-state index is 15.4. The van der Waals surface area contributed by atoms with E-state index in [-0.39, 0.29) is 46.8 Å². The molecule has 12 heteroatoms. The molecule has 15 aromatic rings. The largest absolute Gasteiger partial charge is 0.271 e. The molecule has 0 radical (unpaired) electrons. The average molecular weight is 1380 g/mol. The van der Waals surface area contributed by atoms with Crippen molar-refractivity contribution in [3.8, 4) is 0 Å². The first-order valence-electron chi connectivity index (χ1n) is 40.3. The number of nitrogens with zero attached hydrogens (tertiary/aromatic N) is 6. The van der Waals surface area contributed by atoms with E-state index >= 15 is 28.8 Å². The van der Waals surface area contributed by atoms with Crippen LogP contribution in [0.4, 0.5) is 0 Å². The summed E-state index contributed by atoms with van der Waals surface area (Å²) in [5.74, 6) is -0.790. The van der Waals surface area contributed by atoms with Gasteiger partial charge in [0.2, 0.25) is 0 Å². The zero-order valence-electron chi connectivity index (χ0n) is 61.3. The molecule has 2 aliphatic rings. The van der Waals surface area contributed by atoms with E-state index in [4.69, 9.17) is 9.97 Å². The van der Waals surface area contributed by atoms with Crippen LogP contribution in [0.25, 0.3) is 141 Å². The lowest BCUT2D eigenvalue weighted by molar-refractivity contribution is 0.0501. The second-order valence-corrected chi connectivity index (χ2v) is 31.2. The van der Waals surface area contributed by atoms with Crippen molar-refractivity contribution in [1.29, 1.82) is 0 Å². The number of imide groups is 2. The lowest BCUT2D eigenvalue weighted by atomic mass is 9.83. The minimum atomic E-state index is -0.215. The van der Waals surface area contributed by atoms with Gasteiger partial charge in [-0.15, -0.1) is 0 Å². The summed E-state index contributed by atoms with van der Waals surface area (Å²) in [6.45, 7) is 8.98. The lowest BCUT2D eigenvalue weighted by Gasteiger charge is -2.35. The van der Waals surface area contributed by atoms with Crippen molar-refractivity contribution in [2.45, 2.75) is 245 Å². The molecule has 0 unspecified atom stereocenters. The number of aromatic nitrogens is 4.